The Morgan fingerprint density at radius 1 is 1.40 bits per heavy atom. The minimum absolute atomic E-state index is 0.373. The van der Waals surface area contributed by atoms with Crippen molar-refractivity contribution in [3.63, 3.8) is 0 Å². The van der Waals surface area contributed by atoms with Crippen LogP contribution >= 0.6 is 0 Å². The van der Waals surface area contributed by atoms with Gasteiger partial charge >= 0.3 is 0 Å². The zero-order valence-corrected chi connectivity index (χ0v) is 8.55. The topological polar surface area (TPSA) is 55.8 Å². The molecule has 1 aromatic carbocycles. The molecule has 0 amide bonds. The largest absolute Gasteiger partial charge is 0.371 e. The van der Waals surface area contributed by atoms with Gasteiger partial charge in [-0.3, -0.25) is 0 Å². The van der Waals surface area contributed by atoms with Crippen LogP contribution < -0.4 is 4.89 Å². The fourth-order valence-electron chi connectivity index (χ4n) is 1.28. The van der Waals surface area contributed by atoms with E-state index in [0.29, 0.717) is 18.8 Å². The van der Waals surface area contributed by atoms with Crippen molar-refractivity contribution >= 4 is 6.29 Å². The summed E-state index contributed by atoms with van der Waals surface area (Å²) in [6, 6.07) is 6.81. The van der Waals surface area contributed by atoms with Gasteiger partial charge in [-0.1, -0.05) is 12.1 Å². The van der Waals surface area contributed by atoms with Gasteiger partial charge in [0.25, 0.3) is 0 Å². The van der Waals surface area contributed by atoms with Gasteiger partial charge in [-0.15, -0.1) is 0 Å². The van der Waals surface area contributed by atoms with Crippen molar-refractivity contribution in [1.82, 2.24) is 0 Å². The van der Waals surface area contributed by atoms with Crippen molar-refractivity contribution in [2.45, 2.75) is 19.4 Å². The first kappa shape index (κ1) is 11.7. The minimum atomic E-state index is -0.407. The highest BCUT2D eigenvalue weighted by Gasteiger charge is 2.07. The van der Waals surface area contributed by atoms with Gasteiger partial charge in [-0.2, -0.15) is 0 Å². The van der Waals surface area contributed by atoms with Crippen molar-refractivity contribution in [3.8, 4) is 5.75 Å². The minimum Gasteiger partial charge on any atom is -0.371 e. The Morgan fingerprint density at radius 2 is 2.07 bits per heavy atom. The summed E-state index contributed by atoms with van der Waals surface area (Å²) in [6.07, 6.45) is 0.916. The molecule has 0 saturated heterocycles. The predicted molar refractivity (Wildman–Crippen MR) is 54.9 cm³/mol. The highest BCUT2D eigenvalue weighted by Crippen LogP contribution is 2.12. The zero-order chi connectivity index (χ0) is 11.1. The Labute approximate surface area is 88.4 Å². The van der Waals surface area contributed by atoms with E-state index >= 15 is 0 Å². The van der Waals surface area contributed by atoms with Crippen LogP contribution in [0.15, 0.2) is 24.3 Å². The van der Waals surface area contributed by atoms with Gasteiger partial charge in [0, 0.05) is 13.0 Å². The molecular formula is C11H14O4. The van der Waals surface area contributed by atoms with Crippen molar-refractivity contribution < 1.29 is 19.7 Å². The predicted octanol–water partition coefficient (Wildman–Crippen LogP) is 1.68. The highest BCUT2D eigenvalue weighted by atomic mass is 17.1. The van der Waals surface area contributed by atoms with E-state index in [0.717, 1.165) is 11.8 Å². The van der Waals surface area contributed by atoms with Crippen LogP contribution in [0, 0.1) is 0 Å². The van der Waals surface area contributed by atoms with Crippen LogP contribution in [-0.2, 0) is 16.0 Å². The van der Waals surface area contributed by atoms with Gasteiger partial charge in [-0.05, 0) is 24.6 Å². The molecule has 0 fully saturated rings. The Bertz CT molecular complexity index is 294. The number of rotatable bonds is 6. The van der Waals surface area contributed by atoms with Crippen LogP contribution in [0.2, 0.25) is 0 Å². The SMILES string of the molecule is CCOC(C=O)Cc1ccc(OO)cc1. The van der Waals surface area contributed by atoms with Crippen LogP contribution in [0.1, 0.15) is 12.5 Å². The Hall–Kier alpha value is -1.39. The number of hydrogen-bond donors (Lipinski definition) is 1. The van der Waals surface area contributed by atoms with Crippen LogP contribution in [0.5, 0.6) is 5.75 Å². The molecule has 0 aliphatic heterocycles. The molecule has 0 radical (unpaired) electrons. The molecule has 1 unspecified atom stereocenters. The molecule has 0 heterocycles. The third-order valence-electron chi connectivity index (χ3n) is 2.00. The van der Waals surface area contributed by atoms with Gasteiger partial charge in [-0.25, -0.2) is 5.26 Å². The average Bonchev–Trinajstić information content (AvgIpc) is 2.29. The maximum Gasteiger partial charge on any atom is 0.165 e. The maximum atomic E-state index is 10.6. The summed E-state index contributed by atoms with van der Waals surface area (Å²) in [7, 11) is 0. The molecule has 0 bridgehead atoms. The van der Waals surface area contributed by atoms with Crippen LogP contribution in [-0.4, -0.2) is 24.3 Å². The third kappa shape index (κ3) is 3.69. The number of hydrogen-bond acceptors (Lipinski definition) is 4. The maximum absolute atomic E-state index is 10.6. The monoisotopic (exact) mass is 210 g/mol. The normalized spacial score (nSPS) is 12.1. The number of carbonyl (C=O) groups is 1. The molecule has 0 saturated carbocycles. The standard InChI is InChI=1S/C11H14O4/c1-2-14-11(8-12)7-9-3-5-10(15-13)6-4-9/h3-6,8,11,13H,2,7H2,1H3. The first-order valence-electron chi connectivity index (χ1n) is 4.77. The Morgan fingerprint density at radius 3 is 2.53 bits per heavy atom. The molecule has 1 N–H and O–H groups in total. The highest BCUT2D eigenvalue weighted by molar-refractivity contribution is 5.56. The van der Waals surface area contributed by atoms with Crippen molar-refractivity contribution in [2.24, 2.45) is 0 Å². The molecular weight excluding hydrogens is 196 g/mol. The van der Waals surface area contributed by atoms with Gasteiger partial charge in [0.15, 0.2) is 5.75 Å². The average molecular weight is 210 g/mol. The van der Waals surface area contributed by atoms with Gasteiger partial charge < -0.3 is 14.4 Å². The lowest BCUT2D eigenvalue weighted by molar-refractivity contribution is -0.137. The summed E-state index contributed by atoms with van der Waals surface area (Å²) in [5.41, 5.74) is 0.960. The fraction of sp³-hybridized carbons (Fsp3) is 0.364. The van der Waals surface area contributed by atoms with Crippen LogP contribution in [0.3, 0.4) is 0 Å². The number of carbonyl (C=O) groups excluding carboxylic acids is 1. The molecule has 0 aliphatic rings. The fourth-order valence-corrected chi connectivity index (χ4v) is 1.28. The van der Waals surface area contributed by atoms with E-state index in [1.807, 2.05) is 6.92 Å². The quantitative estimate of drug-likeness (QED) is 0.441. The Kier molecular flexibility index (Phi) is 4.80. The second-order valence-electron chi connectivity index (χ2n) is 3.07. The summed E-state index contributed by atoms with van der Waals surface area (Å²) in [5, 5.41) is 8.36. The van der Waals surface area contributed by atoms with Gasteiger partial charge in [0.05, 0.1) is 0 Å². The molecule has 0 aromatic heterocycles. The van der Waals surface area contributed by atoms with E-state index in [-0.39, 0.29) is 0 Å². The van der Waals surface area contributed by atoms with Gasteiger partial charge in [0.2, 0.25) is 0 Å². The van der Waals surface area contributed by atoms with E-state index in [2.05, 4.69) is 4.89 Å². The third-order valence-corrected chi connectivity index (χ3v) is 2.00. The molecule has 0 aliphatic carbocycles. The second kappa shape index (κ2) is 6.16. The summed E-state index contributed by atoms with van der Waals surface area (Å²) >= 11 is 0. The lowest BCUT2D eigenvalue weighted by Crippen LogP contribution is -2.17. The molecule has 4 heteroatoms. The molecule has 1 atom stereocenters. The summed E-state index contributed by atoms with van der Waals surface area (Å²) in [6.45, 7) is 2.36. The number of benzene rings is 1. The number of ether oxygens (including phenoxy) is 1. The smallest absolute Gasteiger partial charge is 0.165 e. The van der Waals surface area contributed by atoms with Crippen LogP contribution in [0.4, 0.5) is 0 Å². The first-order chi connectivity index (χ1) is 7.30. The lowest BCUT2D eigenvalue weighted by atomic mass is 10.1. The lowest BCUT2D eigenvalue weighted by Gasteiger charge is -2.10. The molecule has 15 heavy (non-hydrogen) atoms. The summed E-state index contributed by atoms with van der Waals surface area (Å²) in [5.74, 6) is 0.373. The molecule has 1 aromatic rings. The van der Waals surface area contributed by atoms with Crippen molar-refractivity contribution in [2.75, 3.05) is 6.61 Å². The second-order valence-corrected chi connectivity index (χ2v) is 3.07. The number of aldehydes is 1. The molecule has 0 spiro atoms. The van der Waals surface area contributed by atoms with Crippen LogP contribution in [0.25, 0.3) is 0 Å². The zero-order valence-electron chi connectivity index (χ0n) is 8.55. The van der Waals surface area contributed by atoms with Gasteiger partial charge in [0.1, 0.15) is 12.4 Å². The van der Waals surface area contributed by atoms with E-state index < -0.39 is 6.10 Å². The van der Waals surface area contributed by atoms with E-state index in [1.54, 1.807) is 24.3 Å². The molecule has 82 valence electrons. The van der Waals surface area contributed by atoms with Crippen molar-refractivity contribution in [1.29, 1.82) is 0 Å². The Balaban J connectivity index is 2.58. The van der Waals surface area contributed by atoms with E-state index in [1.165, 1.54) is 0 Å². The molecule has 1 rings (SSSR count). The van der Waals surface area contributed by atoms with E-state index in [9.17, 15) is 4.79 Å². The van der Waals surface area contributed by atoms with E-state index in [4.69, 9.17) is 9.99 Å². The summed E-state index contributed by atoms with van der Waals surface area (Å²) in [4.78, 5) is 14.7. The van der Waals surface area contributed by atoms with Crippen molar-refractivity contribution in [3.05, 3.63) is 29.8 Å². The summed E-state index contributed by atoms with van der Waals surface area (Å²) < 4.78 is 5.20. The first-order valence-corrected chi connectivity index (χ1v) is 4.77. The molecule has 4 nitrogen and oxygen atoms in total.